The van der Waals surface area contributed by atoms with Gasteiger partial charge in [0.2, 0.25) is 5.91 Å². The van der Waals surface area contributed by atoms with Crippen molar-refractivity contribution in [3.05, 3.63) is 28.8 Å². The molecule has 0 aliphatic rings. The molecule has 0 spiro atoms. The summed E-state index contributed by atoms with van der Waals surface area (Å²) in [5.41, 5.74) is 1.60. The lowest BCUT2D eigenvalue weighted by Crippen LogP contribution is -2.39. The molecule has 5 nitrogen and oxygen atoms in total. The standard InChI is InChI=1S/C15H21ClN2O3/c1-10(2)18(7-6-15(20)21)9-14(19)17-13-8-12(16)5-4-11(13)3/h4-5,8,10H,6-7,9H2,1-3H3,(H,17,19)(H,20,21). The first-order chi connectivity index (χ1) is 9.79. The van der Waals surface area contributed by atoms with E-state index in [4.69, 9.17) is 16.7 Å². The van der Waals surface area contributed by atoms with Crippen molar-refractivity contribution in [3.63, 3.8) is 0 Å². The Labute approximate surface area is 129 Å². The Balaban J connectivity index is 2.65. The number of anilines is 1. The molecular weight excluding hydrogens is 292 g/mol. The highest BCUT2D eigenvalue weighted by molar-refractivity contribution is 6.31. The third kappa shape index (κ3) is 6.14. The van der Waals surface area contributed by atoms with Crippen LogP contribution in [0.1, 0.15) is 25.8 Å². The fourth-order valence-corrected chi connectivity index (χ4v) is 2.03. The fourth-order valence-electron chi connectivity index (χ4n) is 1.86. The van der Waals surface area contributed by atoms with Crippen LogP contribution < -0.4 is 5.32 Å². The Kier molecular flexibility index (Phi) is 6.65. The Bertz CT molecular complexity index is 518. The second-order valence-electron chi connectivity index (χ2n) is 5.22. The molecule has 0 radical (unpaired) electrons. The third-order valence-electron chi connectivity index (χ3n) is 3.16. The predicted molar refractivity (Wildman–Crippen MR) is 83.8 cm³/mol. The molecule has 0 fully saturated rings. The third-order valence-corrected chi connectivity index (χ3v) is 3.40. The number of carboxylic acids is 1. The molecule has 0 aromatic heterocycles. The van der Waals surface area contributed by atoms with Gasteiger partial charge in [-0.25, -0.2) is 0 Å². The van der Waals surface area contributed by atoms with E-state index in [9.17, 15) is 9.59 Å². The van der Waals surface area contributed by atoms with Crippen molar-refractivity contribution in [2.75, 3.05) is 18.4 Å². The van der Waals surface area contributed by atoms with Gasteiger partial charge >= 0.3 is 5.97 Å². The first-order valence-corrected chi connectivity index (χ1v) is 7.19. The fraction of sp³-hybridized carbons (Fsp3) is 0.467. The molecule has 0 aliphatic heterocycles. The molecule has 1 aromatic carbocycles. The Morgan fingerprint density at radius 1 is 1.38 bits per heavy atom. The Morgan fingerprint density at radius 3 is 2.62 bits per heavy atom. The van der Waals surface area contributed by atoms with Gasteiger partial charge in [-0.15, -0.1) is 0 Å². The van der Waals surface area contributed by atoms with Gasteiger partial charge in [0.1, 0.15) is 0 Å². The lowest BCUT2D eigenvalue weighted by molar-refractivity contribution is -0.137. The summed E-state index contributed by atoms with van der Waals surface area (Å²) in [5, 5.41) is 12.1. The number of aliphatic carboxylic acids is 1. The van der Waals surface area contributed by atoms with Crippen LogP contribution in [0.2, 0.25) is 5.02 Å². The number of carbonyl (C=O) groups excluding carboxylic acids is 1. The highest BCUT2D eigenvalue weighted by Gasteiger charge is 2.16. The summed E-state index contributed by atoms with van der Waals surface area (Å²) in [6, 6.07) is 5.39. The number of nitrogens with one attached hydrogen (secondary N) is 1. The van der Waals surface area contributed by atoms with Gasteiger partial charge in [0.05, 0.1) is 13.0 Å². The van der Waals surface area contributed by atoms with E-state index in [2.05, 4.69) is 5.32 Å². The summed E-state index contributed by atoms with van der Waals surface area (Å²) in [6.07, 6.45) is 0.0155. The first kappa shape index (κ1) is 17.5. The van der Waals surface area contributed by atoms with Crippen molar-refractivity contribution in [3.8, 4) is 0 Å². The van der Waals surface area contributed by atoms with Crippen LogP contribution in [0.25, 0.3) is 0 Å². The molecule has 0 bridgehead atoms. The first-order valence-electron chi connectivity index (χ1n) is 6.81. The molecule has 1 amide bonds. The van der Waals surface area contributed by atoms with E-state index in [-0.39, 0.29) is 24.9 Å². The average Bonchev–Trinajstić information content (AvgIpc) is 2.38. The van der Waals surface area contributed by atoms with E-state index >= 15 is 0 Å². The number of nitrogens with zero attached hydrogens (tertiary/aromatic N) is 1. The molecule has 1 rings (SSSR count). The van der Waals surface area contributed by atoms with Crippen molar-refractivity contribution in [1.29, 1.82) is 0 Å². The average molecular weight is 313 g/mol. The van der Waals surface area contributed by atoms with Crippen LogP contribution in [0.5, 0.6) is 0 Å². The van der Waals surface area contributed by atoms with E-state index in [1.165, 1.54) is 0 Å². The van der Waals surface area contributed by atoms with Gasteiger partial charge in [-0.3, -0.25) is 14.5 Å². The number of amides is 1. The molecule has 2 N–H and O–H groups in total. The molecule has 0 saturated carbocycles. The number of hydrogen-bond acceptors (Lipinski definition) is 3. The van der Waals surface area contributed by atoms with E-state index in [1.807, 2.05) is 31.7 Å². The second-order valence-corrected chi connectivity index (χ2v) is 5.65. The summed E-state index contributed by atoms with van der Waals surface area (Å²) < 4.78 is 0. The van der Waals surface area contributed by atoms with Crippen molar-refractivity contribution < 1.29 is 14.7 Å². The van der Waals surface area contributed by atoms with E-state index in [0.29, 0.717) is 17.3 Å². The maximum atomic E-state index is 12.1. The molecule has 21 heavy (non-hydrogen) atoms. The molecule has 0 atom stereocenters. The Hall–Kier alpha value is -1.59. The van der Waals surface area contributed by atoms with Crippen LogP contribution in [0.3, 0.4) is 0 Å². The largest absolute Gasteiger partial charge is 0.481 e. The lowest BCUT2D eigenvalue weighted by atomic mass is 10.2. The maximum Gasteiger partial charge on any atom is 0.304 e. The highest BCUT2D eigenvalue weighted by atomic mass is 35.5. The van der Waals surface area contributed by atoms with Gasteiger partial charge in [0, 0.05) is 23.3 Å². The summed E-state index contributed by atoms with van der Waals surface area (Å²) in [4.78, 5) is 24.6. The quantitative estimate of drug-likeness (QED) is 0.812. The van der Waals surface area contributed by atoms with Gasteiger partial charge in [0.25, 0.3) is 0 Å². The van der Waals surface area contributed by atoms with Gasteiger partial charge < -0.3 is 10.4 Å². The summed E-state index contributed by atoms with van der Waals surface area (Å²) in [7, 11) is 0. The number of hydrogen-bond donors (Lipinski definition) is 2. The number of rotatable bonds is 7. The molecule has 1 aromatic rings. The zero-order valence-electron chi connectivity index (χ0n) is 12.5. The number of benzene rings is 1. The highest BCUT2D eigenvalue weighted by Crippen LogP contribution is 2.20. The van der Waals surface area contributed by atoms with Crippen LogP contribution in [-0.4, -0.2) is 41.0 Å². The number of halogens is 1. The summed E-state index contributed by atoms with van der Waals surface area (Å²) >= 11 is 5.91. The molecule has 6 heteroatoms. The molecule has 0 aliphatic carbocycles. The van der Waals surface area contributed by atoms with E-state index in [1.54, 1.807) is 12.1 Å². The van der Waals surface area contributed by atoms with E-state index < -0.39 is 5.97 Å². The van der Waals surface area contributed by atoms with Crippen molar-refractivity contribution in [2.24, 2.45) is 0 Å². The van der Waals surface area contributed by atoms with Crippen LogP contribution in [0, 0.1) is 6.92 Å². The number of carbonyl (C=O) groups is 2. The lowest BCUT2D eigenvalue weighted by Gasteiger charge is -2.25. The smallest absolute Gasteiger partial charge is 0.304 e. The zero-order chi connectivity index (χ0) is 16.0. The molecule has 0 heterocycles. The van der Waals surface area contributed by atoms with Crippen LogP contribution >= 0.6 is 11.6 Å². The minimum atomic E-state index is -0.869. The summed E-state index contributed by atoms with van der Waals surface area (Å²) in [6.45, 7) is 6.24. The van der Waals surface area contributed by atoms with Crippen molar-refractivity contribution >= 4 is 29.2 Å². The van der Waals surface area contributed by atoms with Gasteiger partial charge in [-0.05, 0) is 38.5 Å². The number of carboxylic acid groups (broad SMARTS) is 1. The SMILES string of the molecule is Cc1ccc(Cl)cc1NC(=O)CN(CCC(=O)O)C(C)C. The van der Waals surface area contributed by atoms with Crippen LogP contribution in [-0.2, 0) is 9.59 Å². The summed E-state index contributed by atoms with van der Waals surface area (Å²) in [5.74, 6) is -1.05. The van der Waals surface area contributed by atoms with Crippen LogP contribution in [0.15, 0.2) is 18.2 Å². The second kappa shape index (κ2) is 8.00. The minimum Gasteiger partial charge on any atom is -0.481 e. The monoisotopic (exact) mass is 312 g/mol. The van der Waals surface area contributed by atoms with Gasteiger partial charge in [-0.2, -0.15) is 0 Å². The Morgan fingerprint density at radius 2 is 2.05 bits per heavy atom. The molecule has 0 saturated heterocycles. The molecule has 0 unspecified atom stereocenters. The predicted octanol–water partition coefficient (Wildman–Crippen LogP) is 2.77. The molecule has 116 valence electrons. The number of aryl methyl sites for hydroxylation is 1. The van der Waals surface area contributed by atoms with E-state index in [0.717, 1.165) is 5.56 Å². The van der Waals surface area contributed by atoms with Crippen molar-refractivity contribution in [1.82, 2.24) is 4.90 Å². The maximum absolute atomic E-state index is 12.1. The molecular formula is C15H21ClN2O3. The normalized spacial score (nSPS) is 11.0. The van der Waals surface area contributed by atoms with Crippen LogP contribution in [0.4, 0.5) is 5.69 Å². The zero-order valence-corrected chi connectivity index (χ0v) is 13.3. The topological polar surface area (TPSA) is 69.6 Å². The van der Waals surface area contributed by atoms with Gasteiger partial charge in [0.15, 0.2) is 0 Å². The minimum absolute atomic E-state index is 0.0155. The van der Waals surface area contributed by atoms with Gasteiger partial charge in [-0.1, -0.05) is 17.7 Å². The van der Waals surface area contributed by atoms with Crippen molar-refractivity contribution in [2.45, 2.75) is 33.2 Å².